The summed E-state index contributed by atoms with van der Waals surface area (Å²) in [5, 5.41) is 3.62. The molecule has 1 aliphatic carbocycles. The van der Waals surface area contributed by atoms with Crippen molar-refractivity contribution in [1.29, 1.82) is 0 Å². The molecule has 3 heteroatoms. The maximum atomic E-state index is 11.1. The molecule has 0 atom stereocenters. The monoisotopic (exact) mass is 241 g/mol. The third-order valence-electron chi connectivity index (χ3n) is 3.54. The molecule has 0 heterocycles. The first-order valence-corrected chi connectivity index (χ1v) is 6.97. The molecular weight excluding hydrogens is 214 g/mol. The molecule has 0 unspecified atom stereocenters. The van der Waals surface area contributed by atoms with Crippen LogP contribution < -0.4 is 5.32 Å². The van der Waals surface area contributed by atoms with Crippen LogP contribution in [0.3, 0.4) is 0 Å². The van der Waals surface area contributed by atoms with Crippen LogP contribution in [-0.2, 0) is 9.53 Å². The van der Waals surface area contributed by atoms with Crippen molar-refractivity contribution in [3.63, 3.8) is 0 Å². The number of carbonyl (C=O) groups is 1. The highest BCUT2D eigenvalue weighted by atomic mass is 16.5. The molecule has 1 saturated carbocycles. The van der Waals surface area contributed by atoms with Crippen molar-refractivity contribution < 1.29 is 9.53 Å². The van der Waals surface area contributed by atoms with Crippen LogP contribution in [0.4, 0.5) is 0 Å². The van der Waals surface area contributed by atoms with Crippen LogP contribution in [0.5, 0.6) is 0 Å². The summed E-state index contributed by atoms with van der Waals surface area (Å²) in [6, 6.07) is 0. The van der Waals surface area contributed by atoms with Gasteiger partial charge in [-0.05, 0) is 58.9 Å². The number of nitrogens with one attached hydrogen (secondary N) is 1. The van der Waals surface area contributed by atoms with Gasteiger partial charge in [-0.1, -0.05) is 6.42 Å². The quantitative estimate of drug-likeness (QED) is 0.498. The van der Waals surface area contributed by atoms with Crippen LogP contribution in [0.1, 0.15) is 59.3 Å². The Morgan fingerprint density at radius 1 is 1.29 bits per heavy atom. The van der Waals surface area contributed by atoms with E-state index in [9.17, 15) is 4.79 Å². The maximum absolute atomic E-state index is 11.1. The van der Waals surface area contributed by atoms with E-state index in [1.54, 1.807) is 0 Å². The molecule has 100 valence electrons. The zero-order chi connectivity index (χ0) is 12.7. The van der Waals surface area contributed by atoms with E-state index in [0.29, 0.717) is 18.6 Å². The first-order chi connectivity index (χ1) is 8.06. The molecule has 0 aromatic heterocycles. The van der Waals surface area contributed by atoms with E-state index >= 15 is 0 Å². The minimum Gasteiger partial charge on any atom is -0.466 e. The zero-order valence-electron chi connectivity index (χ0n) is 11.6. The van der Waals surface area contributed by atoms with Crippen molar-refractivity contribution in [1.82, 2.24) is 5.32 Å². The van der Waals surface area contributed by atoms with Gasteiger partial charge < -0.3 is 10.1 Å². The van der Waals surface area contributed by atoms with Gasteiger partial charge in [-0.2, -0.15) is 0 Å². The SMILES string of the molecule is CCOC(=O)CCCCCNC(C)(C)C1CC1. The molecule has 0 amide bonds. The summed E-state index contributed by atoms with van der Waals surface area (Å²) in [4.78, 5) is 11.1. The fraction of sp³-hybridized carbons (Fsp3) is 0.929. The number of ether oxygens (including phenoxy) is 1. The lowest BCUT2D eigenvalue weighted by Crippen LogP contribution is -2.41. The highest BCUT2D eigenvalue weighted by Crippen LogP contribution is 2.39. The minimum atomic E-state index is -0.0567. The van der Waals surface area contributed by atoms with E-state index in [2.05, 4.69) is 19.2 Å². The molecule has 0 aromatic rings. The van der Waals surface area contributed by atoms with Gasteiger partial charge in [0.05, 0.1) is 6.61 Å². The fourth-order valence-electron chi connectivity index (χ4n) is 2.16. The lowest BCUT2D eigenvalue weighted by molar-refractivity contribution is -0.143. The largest absolute Gasteiger partial charge is 0.466 e. The first kappa shape index (κ1) is 14.5. The number of unbranched alkanes of at least 4 members (excludes halogenated alkanes) is 2. The summed E-state index contributed by atoms with van der Waals surface area (Å²) in [6.07, 6.45) is 6.53. The summed E-state index contributed by atoms with van der Waals surface area (Å²) >= 11 is 0. The first-order valence-electron chi connectivity index (χ1n) is 6.97. The second-order valence-corrected chi connectivity index (χ2v) is 5.54. The van der Waals surface area contributed by atoms with Gasteiger partial charge in [0.25, 0.3) is 0 Å². The molecule has 1 N–H and O–H groups in total. The third-order valence-corrected chi connectivity index (χ3v) is 3.54. The Morgan fingerprint density at radius 2 is 2.00 bits per heavy atom. The van der Waals surface area contributed by atoms with E-state index in [4.69, 9.17) is 4.74 Å². The minimum absolute atomic E-state index is 0.0567. The van der Waals surface area contributed by atoms with Crippen LogP contribution in [-0.4, -0.2) is 24.7 Å². The summed E-state index contributed by atoms with van der Waals surface area (Å²) in [6.45, 7) is 8.00. The normalized spacial score (nSPS) is 15.9. The molecule has 0 bridgehead atoms. The molecule has 0 saturated heterocycles. The van der Waals surface area contributed by atoms with Crippen molar-refractivity contribution in [2.75, 3.05) is 13.2 Å². The third kappa shape index (κ3) is 6.06. The van der Waals surface area contributed by atoms with Crippen molar-refractivity contribution >= 4 is 5.97 Å². The van der Waals surface area contributed by atoms with E-state index in [1.165, 1.54) is 12.8 Å². The van der Waals surface area contributed by atoms with Gasteiger partial charge in [0.15, 0.2) is 0 Å². The molecule has 0 spiro atoms. The van der Waals surface area contributed by atoms with Gasteiger partial charge in [0.1, 0.15) is 0 Å². The average molecular weight is 241 g/mol. The average Bonchev–Trinajstić information content (AvgIpc) is 3.07. The molecule has 1 fully saturated rings. The molecule has 1 rings (SSSR count). The van der Waals surface area contributed by atoms with Gasteiger partial charge in [0.2, 0.25) is 0 Å². The maximum Gasteiger partial charge on any atom is 0.305 e. The molecule has 0 aliphatic heterocycles. The number of rotatable bonds is 9. The summed E-state index contributed by atoms with van der Waals surface area (Å²) < 4.78 is 4.89. The zero-order valence-corrected chi connectivity index (χ0v) is 11.6. The number of hydrogen-bond donors (Lipinski definition) is 1. The van der Waals surface area contributed by atoms with Crippen LogP contribution in [0, 0.1) is 5.92 Å². The molecule has 1 aliphatic rings. The van der Waals surface area contributed by atoms with Crippen LogP contribution >= 0.6 is 0 Å². The smallest absolute Gasteiger partial charge is 0.305 e. The second-order valence-electron chi connectivity index (χ2n) is 5.54. The number of esters is 1. The second kappa shape index (κ2) is 7.00. The molecule has 17 heavy (non-hydrogen) atoms. The molecule has 0 radical (unpaired) electrons. The van der Waals surface area contributed by atoms with E-state index in [1.807, 2.05) is 6.92 Å². The Kier molecular flexibility index (Phi) is 5.96. The highest BCUT2D eigenvalue weighted by Gasteiger charge is 2.36. The lowest BCUT2D eigenvalue weighted by atomic mass is 9.98. The summed E-state index contributed by atoms with van der Waals surface area (Å²) in [5.41, 5.74) is 0.307. The van der Waals surface area contributed by atoms with Crippen LogP contribution in [0.2, 0.25) is 0 Å². The highest BCUT2D eigenvalue weighted by molar-refractivity contribution is 5.69. The number of hydrogen-bond acceptors (Lipinski definition) is 3. The predicted molar refractivity (Wildman–Crippen MR) is 69.9 cm³/mol. The van der Waals surface area contributed by atoms with Gasteiger partial charge in [-0.15, -0.1) is 0 Å². The number of carbonyl (C=O) groups excluding carboxylic acids is 1. The van der Waals surface area contributed by atoms with Crippen molar-refractivity contribution in [2.24, 2.45) is 5.92 Å². The standard InChI is InChI=1S/C14H27NO2/c1-4-17-13(16)8-6-5-7-11-15-14(2,3)12-9-10-12/h12,15H,4-11H2,1-3H3. The van der Waals surface area contributed by atoms with Gasteiger partial charge in [-0.25, -0.2) is 0 Å². The van der Waals surface area contributed by atoms with Crippen LogP contribution in [0.25, 0.3) is 0 Å². The van der Waals surface area contributed by atoms with Crippen molar-refractivity contribution in [2.45, 2.75) is 64.8 Å². The van der Waals surface area contributed by atoms with Crippen molar-refractivity contribution in [3.8, 4) is 0 Å². The predicted octanol–water partition coefficient (Wildman–Crippen LogP) is 2.89. The summed E-state index contributed by atoms with van der Waals surface area (Å²) in [5.74, 6) is 0.820. The van der Waals surface area contributed by atoms with Crippen molar-refractivity contribution in [3.05, 3.63) is 0 Å². The van der Waals surface area contributed by atoms with Gasteiger partial charge >= 0.3 is 5.97 Å². The lowest BCUT2D eigenvalue weighted by Gasteiger charge is -2.26. The molecule has 3 nitrogen and oxygen atoms in total. The van der Waals surface area contributed by atoms with E-state index < -0.39 is 0 Å². The van der Waals surface area contributed by atoms with Gasteiger partial charge in [-0.3, -0.25) is 4.79 Å². The fourth-order valence-corrected chi connectivity index (χ4v) is 2.16. The molecule has 0 aromatic carbocycles. The van der Waals surface area contributed by atoms with E-state index in [-0.39, 0.29) is 5.97 Å². The van der Waals surface area contributed by atoms with Gasteiger partial charge in [0, 0.05) is 12.0 Å². The van der Waals surface area contributed by atoms with Crippen LogP contribution in [0.15, 0.2) is 0 Å². The Balaban J connectivity index is 1.92. The summed E-state index contributed by atoms with van der Waals surface area (Å²) in [7, 11) is 0. The Morgan fingerprint density at radius 3 is 2.59 bits per heavy atom. The Hall–Kier alpha value is -0.570. The van der Waals surface area contributed by atoms with E-state index in [0.717, 1.165) is 31.7 Å². The Labute approximate surface area is 105 Å². The molecular formula is C14H27NO2. The topological polar surface area (TPSA) is 38.3 Å². The Bertz CT molecular complexity index is 234.